The zero-order valence-corrected chi connectivity index (χ0v) is 15.3. The summed E-state index contributed by atoms with van der Waals surface area (Å²) in [5.41, 5.74) is 0.216. The van der Waals surface area contributed by atoms with Gasteiger partial charge in [0.25, 0.3) is 5.91 Å². The molecule has 3 rings (SSSR count). The number of esters is 1. The van der Waals surface area contributed by atoms with Crippen molar-refractivity contribution in [2.24, 2.45) is 0 Å². The van der Waals surface area contributed by atoms with Crippen LogP contribution in [0.25, 0.3) is 0 Å². The topological polar surface area (TPSA) is 107 Å². The number of rotatable bonds is 7. The first kappa shape index (κ1) is 19.7. The van der Waals surface area contributed by atoms with Crippen molar-refractivity contribution in [3.63, 3.8) is 0 Å². The smallest absolute Gasteiger partial charge is 0.338 e. The first-order valence-corrected chi connectivity index (χ1v) is 8.70. The highest BCUT2D eigenvalue weighted by Gasteiger charge is 2.13. The van der Waals surface area contributed by atoms with Gasteiger partial charge in [-0.15, -0.1) is 0 Å². The number of amides is 3. The lowest BCUT2D eigenvalue weighted by molar-refractivity contribution is -0.123. The van der Waals surface area contributed by atoms with Crippen LogP contribution in [0.15, 0.2) is 77.4 Å². The highest BCUT2D eigenvalue weighted by atomic mass is 16.5. The molecular formula is C21H18N2O6. The van der Waals surface area contributed by atoms with E-state index in [-0.39, 0.29) is 12.1 Å². The van der Waals surface area contributed by atoms with Gasteiger partial charge in [-0.05, 0) is 42.5 Å². The first-order chi connectivity index (χ1) is 14.1. The van der Waals surface area contributed by atoms with Crippen molar-refractivity contribution in [2.45, 2.75) is 6.54 Å². The van der Waals surface area contributed by atoms with Crippen molar-refractivity contribution in [2.75, 3.05) is 6.61 Å². The lowest BCUT2D eigenvalue weighted by Gasteiger charge is -2.08. The van der Waals surface area contributed by atoms with E-state index in [1.54, 1.807) is 36.4 Å². The summed E-state index contributed by atoms with van der Waals surface area (Å²) in [6, 6.07) is 18.1. The standard InChI is InChI=1S/C21H18N2O6/c24-19(23-21(26)22-13-18-10-5-11-27-18)14-28-20(25)15-6-4-9-17(12-15)29-16-7-2-1-3-8-16/h1-12H,13-14H2,(H2,22,23,24,26). The fourth-order valence-corrected chi connectivity index (χ4v) is 2.31. The second kappa shape index (κ2) is 9.75. The molecule has 0 atom stereocenters. The molecule has 8 heteroatoms. The lowest BCUT2D eigenvalue weighted by atomic mass is 10.2. The number of urea groups is 1. The van der Waals surface area contributed by atoms with E-state index in [1.165, 1.54) is 18.4 Å². The third-order valence-corrected chi connectivity index (χ3v) is 3.64. The molecule has 0 bridgehead atoms. The van der Waals surface area contributed by atoms with Gasteiger partial charge in [-0.2, -0.15) is 0 Å². The zero-order valence-electron chi connectivity index (χ0n) is 15.3. The summed E-state index contributed by atoms with van der Waals surface area (Å²) in [7, 11) is 0. The summed E-state index contributed by atoms with van der Waals surface area (Å²) in [5.74, 6) is 0.142. The zero-order chi connectivity index (χ0) is 20.5. The predicted octanol–water partition coefficient (Wildman–Crippen LogP) is 3.25. The van der Waals surface area contributed by atoms with Gasteiger partial charge in [0.2, 0.25) is 0 Å². The third kappa shape index (κ3) is 6.24. The maximum absolute atomic E-state index is 12.1. The van der Waals surface area contributed by atoms with E-state index in [0.29, 0.717) is 17.3 Å². The Morgan fingerprint density at radius 2 is 1.69 bits per heavy atom. The van der Waals surface area contributed by atoms with Crippen LogP contribution in [0.3, 0.4) is 0 Å². The number of benzene rings is 2. The third-order valence-electron chi connectivity index (χ3n) is 3.64. The number of carbonyl (C=O) groups is 3. The van der Waals surface area contributed by atoms with Crippen LogP contribution in [-0.2, 0) is 16.1 Å². The fraction of sp³-hybridized carbons (Fsp3) is 0.0952. The summed E-state index contributed by atoms with van der Waals surface area (Å²) < 4.78 is 15.7. The minimum Gasteiger partial charge on any atom is -0.467 e. The number of hydrogen-bond donors (Lipinski definition) is 2. The van der Waals surface area contributed by atoms with Gasteiger partial charge in [0.05, 0.1) is 18.4 Å². The van der Waals surface area contributed by atoms with Gasteiger partial charge in [0.15, 0.2) is 6.61 Å². The molecule has 148 valence electrons. The van der Waals surface area contributed by atoms with Crippen LogP contribution in [0.1, 0.15) is 16.1 Å². The molecule has 2 aromatic carbocycles. The number of furan rings is 1. The van der Waals surface area contributed by atoms with E-state index in [2.05, 4.69) is 10.6 Å². The molecule has 0 aliphatic heterocycles. The molecule has 3 aromatic rings. The van der Waals surface area contributed by atoms with E-state index in [4.69, 9.17) is 13.9 Å². The number of imide groups is 1. The Kier molecular flexibility index (Phi) is 6.62. The average molecular weight is 394 g/mol. The van der Waals surface area contributed by atoms with Crippen LogP contribution in [0.5, 0.6) is 11.5 Å². The second-order valence-electron chi connectivity index (χ2n) is 5.83. The molecule has 2 N–H and O–H groups in total. The molecule has 0 fully saturated rings. The molecule has 8 nitrogen and oxygen atoms in total. The normalized spacial score (nSPS) is 10.1. The Morgan fingerprint density at radius 1 is 0.897 bits per heavy atom. The SMILES string of the molecule is O=C(COC(=O)c1cccc(Oc2ccccc2)c1)NC(=O)NCc1ccco1. The molecule has 0 spiro atoms. The molecule has 0 aliphatic carbocycles. The van der Waals surface area contributed by atoms with Gasteiger partial charge in [-0.3, -0.25) is 10.1 Å². The van der Waals surface area contributed by atoms with Crippen LogP contribution in [0, 0.1) is 0 Å². The quantitative estimate of drug-likeness (QED) is 0.596. The monoisotopic (exact) mass is 394 g/mol. The molecule has 29 heavy (non-hydrogen) atoms. The average Bonchev–Trinajstić information content (AvgIpc) is 3.25. The molecule has 1 heterocycles. The Labute approximate surface area is 166 Å². The van der Waals surface area contributed by atoms with Gasteiger partial charge in [-0.25, -0.2) is 9.59 Å². The minimum absolute atomic E-state index is 0.125. The van der Waals surface area contributed by atoms with Crippen molar-refractivity contribution in [3.05, 3.63) is 84.3 Å². The summed E-state index contributed by atoms with van der Waals surface area (Å²) in [6.45, 7) is -0.475. The molecule has 1 aromatic heterocycles. The van der Waals surface area contributed by atoms with Gasteiger partial charge in [0, 0.05) is 0 Å². The molecule has 0 saturated heterocycles. The predicted molar refractivity (Wildman–Crippen MR) is 102 cm³/mol. The second-order valence-corrected chi connectivity index (χ2v) is 5.83. The highest BCUT2D eigenvalue weighted by molar-refractivity contribution is 5.97. The number of ether oxygens (including phenoxy) is 2. The maximum Gasteiger partial charge on any atom is 0.338 e. The van der Waals surface area contributed by atoms with Crippen LogP contribution >= 0.6 is 0 Å². The summed E-state index contributed by atoms with van der Waals surface area (Å²) in [4.78, 5) is 35.6. The van der Waals surface area contributed by atoms with E-state index < -0.39 is 24.5 Å². The van der Waals surface area contributed by atoms with Crippen LogP contribution in [-0.4, -0.2) is 24.5 Å². The fourth-order valence-electron chi connectivity index (χ4n) is 2.31. The van der Waals surface area contributed by atoms with Gasteiger partial charge in [-0.1, -0.05) is 24.3 Å². The lowest BCUT2D eigenvalue weighted by Crippen LogP contribution is -2.41. The molecule has 0 saturated carbocycles. The number of hydrogen-bond acceptors (Lipinski definition) is 6. The Balaban J connectivity index is 1.45. The van der Waals surface area contributed by atoms with Crippen LogP contribution in [0.4, 0.5) is 4.79 Å². The number of para-hydroxylation sites is 1. The van der Waals surface area contributed by atoms with Crippen molar-refractivity contribution in [3.8, 4) is 11.5 Å². The Hall–Kier alpha value is -4.07. The summed E-state index contributed by atoms with van der Waals surface area (Å²) in [6.07, 6.45) is 1.47. The van der Waals surface area contributed by atoms with E-state index >= 15 is 0 Å². The van der Waals surface area contributed by atoms with Crippen molar-refractivity contribution < 1.29 is 28.3 Å². The molecule has 3 amide bonds. The van der Waals surface area contributed by atoms with Crippen molar-refractivity contribution in [1.29, 1.82) is 0 Å². The largest absolute Gasteiger partial charge is 0.467 e. The van der Waals surface area contributed by atoms with E-state index in [1.807, 2.05) is 18.2 Å². The van der Waals surface area contributed by atoms with E-state index in [9.17, 15) is 14.4 Å². The van der Waals surface area contributed by atoms with Gasteiger partial charge < -0.3 is 19.2 Å². The van der Waals surface area contributed by atoms with E-state index in [0.717, 1.165) is 0 Å². The molecule has 0 aliphatic rings. The van der Waals surface area contributed by atoms with Crippen molar-refractivity contribution in [1.82, 2.24) is 10.6 Å². The van der Waals surface area contributed by atoms with Crippen molar-refractivity contribution >= 4 is 17.9 Å². The molecular weight excluding hydrogens is 376 g/mol. The Bertz CT molecular complexity index is 970. The Morgan fingerprint density at radius 3 is 2.45 bits per heavy atom. The number of carbonyl (C=O) groups excluding carboxylic acids is 3. The first-order valence-electron chi connectivity index (χ1n) is 8.70. The molecule has 0 unspecified atom stereocenters. The summed E-state index contributed by atoms with van der Waals surface area (Å²) in [5, 5.41) is 4.50. The maximum atomic E-state index is 12.1. The molecule has 0 radical (unpaired) electrons. The van der Waals surface area contributed by atoms with Crippen LogP contribution in [0.2, 0.25) is 0 Å². The minimum atomic E-state index is -0.757. The van der Waals surface area contributed by atoms with Gasteiger partial charge >= 0.3 is 12.0 Å². The number of nitrogens with one attached hydrogen (secondary N) is 2. The van der Waals surface area contributed by atoms with Gasteiger partial charge in [0.1, 0.15) is 17.3 Å². The summed E-state index contributed by atoms with van der Waals surface area (Å²) >= 11 is 0. The van der Waals surface area contributed by atoms with Crippen LogP contribution < -0.4 is 15.4 Å². The highest BCUT2D eigenvalue weighted by Crippen LogP contribution is 2.22.